The molecule has 2 N–H and O–H groups in total. The molecule has 126 valence electrons. The van der Waals surface area contributed by atoms with Crippen LogP contribution in [0.2, 0.25) is 5.02 Å². The number of benzene rings is 2. The second-order valence-electron chi connectivity index (χ2n) is 4.98. The lowest BCUT2D eigenvalue weighted by Crippen LogP contribution is -1.97. The fourth-order valence-corrected chi connectivity index (χ4v) is 2.88. The summed E-state index contributed by atoms with van der Waals surface area (Å²) in [6.45, 7) is 0.251. The number of thioether (sulfide) groups is 1. The average molecular weight is 373 g/mol. The molecule has 0 spiro atoms. The molecule has 1 aromatic heterocycles. The van der Waals surface area contributed by atoms with E-state index in [9.17, 15) is 4.79 Å². The lowest BCUT2D eigenvalue weighted by atomic mass is 10.2. The van der Waals surface area contributed by atoms with Crippen molar-refractivity contribution >= 4 is 40.4 Å². The van der Waals surface area contributed by atoms with Gasteiger partial charge in [0.25, 0.3) is 0 Å². The molecular formula is C18H13ClN2O3S. The number of rotatable bonds is 5. The number of hydrogen-bond acceptors (Lipinski definition) is 4. The van der Waals surface area contributed by atoms with Gasteiger partial charge in [-0.2, -0.15) is 0 Å². The summed E-state index contributed by atoms with van der Waals surface area (Å²) in [5, 5.41) is 9.75. The van der Waals surface area contributed by atoms with Crippen molar-refractivity contribution in [2.75, 3.05) is 12.4 Å². The van der Waals surface area contributed by atoms with Crippen molar-refractivity contribution < 1.29 is 14.6 Å². The molecule has 0 amide bonds. The monoisotopic (exact) mass is 372 g/mol. The number of fused-ring (bicyclic) bond motifs is 1. The number of carboxylic acid groups (broad SMARTS) is 1. The molecule has 0 bridgehead atoms. The van der Waals surface area contributed by atoms with Crippen LogP contribution >= 0.6 is 23.4 Å². The highest BCUT2D eigenvalue weighted by Gasteiger charge is 2.08. The van der Waals surface area contributed by atoms with Crippen molar-refractivity contribution in [3.05, 3.63) is 53.1 Å². The Bertz CT molecular complexity index is 961. The van der Waals surface area contributed by atoms with Crippen LogP contribution in [0.25, 0.3) is 11.0 Å². The third kappa shape index (κ3) is 4.69. The Morgan fingerprint density at radius 2 is 2.12 bits per heavy atom. The van der Waals surface area contributed by atoms with Gasteiger partial charge in [0.05, 0.1) is 21.8 Å². The molecular weight excluding hydrogens is 360 g/mol. The SMILES string of the molecule is O=C(O)CSc1nc2cc(Cl)c(C#CCOc3ccccc3)cc2[nH]1. The van der Waals surface area contributed by atoms with Gasteiger partial charge in [0.2, 0.25) is 0 Å². The molecule has 3 rings (SSSR count). The van der Waals surface area contributed by atoms with Gasteiger partial charge in [0.1, 0.15) is 12.4 Å². The van der Waals surface area contributed by atoms with E-state index in [1.165, 1.54) is 0 Å². The van der Waals surface area contributed by atoms with Crippen LogP contribution in [-0.2, 0) is 4.79 Å². The standard InChI is InChI=1S/C18H13ClN2O3S/c19-14-10-16-15(20-18(21-16)25-11-17(22)23)9-12(14)5-4-8-24-13-6-2-1-3-7-13/h1-3,6-7,9-10H,8,11H2,(H,20,21)(H,22,23). The van der Waals surface area contributed by atoms with E-state index in [1.54, 1.807) is 12.1 Å². The van der Waals surface area contributed by atoms with Gasteiger partial charge in [-0.1, -0.05) is 53.4 Å². The second-order valence-corrected chi connectivity index (χ2v) is 6.35. The Morgan fingerprint density at radius 1 is 1.32 bits per heavy atom. The molecule has 2 aromatic carbocycles. The van der Waals surface area contributed by atoms with Crippen LogP contribution in [-0.4, -0.2) is 33.4 Å². The predicted octanol–water partition coefficient (Wildman–Crippen LogP) is 3.82. The first-order valence-corrected chi connectivity index (χ1v) is 8.69. The summed E-state index contributed by atoms with van der Waals surface area (Å²) in [5.74, 6) is 5.71. The van der Waals surface area contributed by atoms with Gasteiger partial charge in [0.15, 0.2) is 5.16 Å². The van der Waals surface area contributed by atoms with Crippen LogP contribution in [0, 0.1) is 11.8 Å². The summed E-state index contributed by atoms with van der Waals surface area (Å²) in [6.07, 6.45) is 0. The molecule has 0 aliphatic carbocycles. The first-order valence-electron chi connectivity index (χ1n) is 7.32. The number of ether oxygens (including phenoxy) is 1. The quantitative estimate of drug-likeness (QED) is 0.526. The number of aliphatic carboxylic acids is 1. The smallest absolute Gasteiger partial charge is 0.313 e. The van der Waals surface area contributed by atoms with Crippen LogP contribution in [0.15, 0.2) is 47.6 Å². The van der Waals surface area contributed by atoms with E-state index in [2.05, 4.69) is 21.8 Å². The number of carbonyl (C=O) groups is 1. The zero-order valence-corrected chi connectivity index (χ0v) is 14.5. The fourth-order valence-electron chi connectivity index (χ4n) is 2.07. The van der Waals surface area contributed by atoms with Gasteiger partial charge in [-0.25, -0.2) is 4.98 Å². The highest BCUT2D eigenvalue weighted by Crippen LogP contribution is 2.25. The largest absolute Gasteiger partial charge is 0.481 e. The van der Waals surface area contributed by atoms with Gasteiger partial charge in [-0.3, -0.25) is 4.79 Å². The number of aromatic amines is 1. The second kappa shape index (κ2) is 7.97. The summed E-state index contributed by atoms with van der Waals surface area (Å²) in [4.78, 5) is 18.0. The summed E-state index contributed by atoms with van der Waals surface area (Å²) >= 11 is 7.36. The van der Waals surface area contributed by atoms with Gasteiger partial charge < -0.3 is 14.8 Å². The Labute approximate surface area is 153 Å². The Hall–Kier alpha value is -2.62. The maximum Gasteiger partial charge on any atom is 0.313 e. The van der Waals surface area contributed by atoms with Gasteiger partial charge in [-0.15, -0.1) is 0 Å². The molecule has 0 saturated heterocycles. The van der Waals surface area contributed by atoms with E-state index in [-0.39, 0.29) is 12.4 Å². The molecule has 0 atom stereocenters. The van der Waals surface area contributed by atoms with Crippen LogP contribution in [0.4, 0.5) is 0 Å². The average Bonchev–Trinajstić information content (AvgIpc) is 2.99. The summed E-state index contributed by atoms with van der Waals surface area (Å²) in [5.41, 5.74) is 2.08. The van der Waals surface area contributed by atoms with Crippen molar-refractivity contribution in [1.29, 1.82) is 0 Å². The lowest BCUT2D eigenvalue weighted by molar-refractivity contribution is -0.133. The van der Waals surface area contributed by atoms with E-state index < -0.39 is 5.97 Å². The Kier molecular flexibility index (Phi) is 5.49. The first-order chi connectivity index (χ1) is 12.1. The number of para-hydroxylation sites is 1. The number of hydrogen-bond donors (Lipinski definition) is 2. The predicted molar refractivity (Wildman–Crippen MR) is 98.3 cm³/mol. The van der Waals surface area contributed by atoms with Crippen LogP contribution in [0.1, 0.15) is 5.56 Å². The summed E-state index contributed by atoms with van der Waals surface area (Å²) < 4.78 is 5.52. The number of aromatic nitrogens is 2. The molecule has 0 aliphatic rings. The van der Waals surface area contributed by atoms with Crippen LogP contribution < -0.4 is 4.74 Å². The van der Waals surface area contributed by atoms with Gasteiger partial charge >= 0.3 is 5.97 Å². The molecule has 0 radical (unpaired) electrons. The third-order valence-corrected chi connectivity index (χ3v) is 4.33. The van der Waals surface area contributed by atoms with Crippen molar-refractivity contribution in [3.8, 4) is 17.6 Å². The summed E-state index contributed by atoms with van der Waals surface area (Å²) in [7, 11) is 0. The highest BCUT2D eigenvalue weighted by atomic mass is 35.5. The summed E-state index contributed by atoms with van der Waals surface area (Å²) in [6, 6.07) is 12.9. The van der Waals surface area contributed by atoms with Crippen molar-refractivity contribution in [2.24, 2.45) is 0 Å². The minimum Gasteiger partial charge on any atom is -0.481 e. The minimum atomic E-state index is -0.895. The molecule has 0 unspecified atom stereocenters. The Balaban J connectivity index is 1.72. The minimum absolute atomic E-state index is 0.0585. The van der Waals surface area contributed by atoms with Gasteiger partial charge in [0, 0.05) is 5.56 Å². The van der Waals surface area contributed by atoms with Gasteiger partial charge in [-0.05, 0) is 24.3 Å². The number of imidazole rings is 1. The normalized spacial score (nSPS) is 10.3. The van der Waals surface area contributed by atoms with E-state index in [0.717, 1.165) is 23.0 Å². The van der Waals surface area contributed by atoms with E-state index in [1.807, 2.05) is 30.3 Å². The zero-order valence-electron chi connectivity index (χ0n) is 13.0. The van der Waals surface area contributed by atoms with Crippen molar-refractivity contribution in [1.82, 2.24) is 9.97 Å². The van der Waals surface area contributed by atoms with Crippen LogP contribution in [0.5, 0.6) is 5.75 Å². The number of carboxylic acids is 1. The van der Waals surface area contributed by atoms with E-state index in [4.69, 9.17) is 21.4 Å². The maximum absolute atomic E-state index is 10.6. The van der Waals surface area contributed by atoms with E-state index in [0.29, 0.717) is 21.3 Å². The molecule has 0 saturated carbocycles. The molecule has 0 aliphatic heterocycles. The lowest BCUT2D eigenvalue weighted by Gasteiger charge is -2.00. The van der Waals surface area contributed by atoms with Crippen molar-refractivity contribution in [2.45, 2.75) is 5.16 Å². The topological polar surface area (TPSA) is 75.2 Å². The molecule has 25 heavy (non-hydrogen) atoms. The highest BCUT2D eigenvalue weighted by molar-refractivity contribution is 7.99. The first kappa shape index (κ1) is 17.2. The number of H-pyrrole nitrogens is 1. The number of halogens is 1. The number of nitrogens with one attached hydrogen (secondary N) is 1. The zero-order chi connectivity index (χ0) is 17.6. The fraction of sp³-hybridized carbons (Fsp3) is 0.111. The molecule has 7 heteroatoms. The molecule has 0 fully saturated rings. The molecule has 3 aromatic rings. The van der Waals surface area contributed by atoms with Crippen LogP contribution in [0.3, 0.4) is 0 Å². The third-order valence-electron chi connectivity index (χ3n) is 3.16. The Morgan fingerprint density at radius 3 is 2.88 bits per heavy atom. The number of nitrogens with zero attached hydrogens (tertiary/aromatic N) is 1. The molecule has 1 heterocycles. The van der Waals surface area contributed by atoms with Crippen molar-refractivity contribution in [3.63, 3.8) is 0 Å². The molecule has 5 nitrogen and oxygen atoms in total. The van der Waals surface area contributed by atoms with E-state index >= 15 is 0 Å². The maximum atomic E-state index is 10.6.